The highest BCUT2D eigenvalue weighted by Gasteiger charge is 2.47. The third-order valence-corrected chi connectivity index (χ3v) is 6.19. The Balaban J connectivity index is 1.68. The van der Waals surface area contributed by atoms with E-state index in [-0.39, 0.29) is 30.8 Å². The molecule has 0 amide bonds. The maximum atomic E-state index is 11.3. The number of rotatable bonds is 11. The summed E-state index contributed by atoms with van der Waals surface area (Å²) in [5.74, 6) is -1.60. The van der Waals surface area contributed by atoms with Gasteiger partial charge in [0.15, 0.2) is 5.79 Å². The SMILES string of the molecule is COCc1cc(CC2(O)C=C[C@H]3[C@@H](O)CC(O2)[C@@H]3CC=CCCCC(=O)O)cc(OC)c1. The molecule has 1 aromatic carbocycles. The lowest BCUT2D eigenvalue weighted by Gasteiger charge is -2.30. The number of methoxy groups -OCH3 is 2. The first kappa shape index (κ1) is 24.5. The Kier molecular flexibility index (Phi) is 8.48. The van der Waals surface area contributed by atoms with Gasteiger partial charge in [-0.15, -0.1) is 0 Å². The molecule has 1 aliphatic heterocycles. The highest BCUT2D eigenvalue weighted by Crippen LogP contribution is 2.43. The Bertz CT molecular complexity index is 834. The van der Waals surface area contributed by atoms with Gasteiger partial charge in [-0.05, 0) is 54.5 Å². The number of carboxylic acids is 1. The summed E-state index contributed by atoms with van der Waals surface area (Å²) in [7, 11) is 3.24. The Hall–Kier alpha value is -2.19. The van der Waals surface area contributed by atoms with Crippen LogP contribution in [-0.2, 0) is 27.3 Å². The first-order valence-corrected chi connectivity index (χ1v) is 11.1. The molecule has 5 atom stereocenters. The van der Waals surface area contributed by atoms with Crippen LogP contribution in [0.1, 0.15) is 43.2 Å². The molecule has 1 fully saturated rings. The van der Waals surface area contributed by atoms with Crippen LogP contribution in [0.25, 0.3) is 0 Å². The fraction of sp³-hybridized carbons (Fsp3) is 0.560. The van der Waals surface area contributed by atoms with Gasteiger partial charge in [0.05, 0.1) is 25.9 Å². The normalized spacial score (nSPS) is 29.4. The van der Waals surface area contributed by atoms with Gasteiger partial charge in [0.2, 0.25) is 0 Å². The van der Waals surface area contributed by atoms with Crippen LogP contribution in [0, 0.1) is 11.8 Å². The van der Waals surface area contributed by atoms with Gasteiger partial charge in [-0.25, -0.2) is 0 Å². The standard InChI is InChI=1S/C25H34O7/c1-30-16-18-11-17(12-19(13-18)31-2)15-25(29)10-9-20-21(23(32-25)14-22(20)26)7-5-3-4-6-8-24(27)28/h3,5,9-13,20-23,26,29H,4,6-8,14-16H2,1-2H3,(H,27,28)/t20-,21-,22+,23?,25?/m1/s1. The lowest BCUT2D eigenvalue weighted by molar-refractivity contribution is -0.202. The fourth-order valence-electron chi connectivity index (χ4n) is 4.72. The van der Waals surface area contributed by atoms with Crippen molar-refractivity contribution in [2.75, 3.05) is 14.2 Å². The molecule has 32 heavy (non-hydrogen) atoms. The van der Waals surface area contributed by atoms with Crippen molar-refractivity contribution in [1.29, 1.82) is 0 Å². The molecule has 0 aromatic heterocycles. The van der Waals surface area contributed by atoms with Crippen molar-refractivity contribution in [2.24, 2.45) is 11.8 Å². The summed E-state index contributed by atoms with van der Waals surface area (Å²) in [5.41, 5.74) is 1.82. The van der Waals surface area contributed by atoms with E-state index in [2.05, 4.69) is 0 Å². The molecule has 1 heterocycles. The molecule has 0 radical (unpaired) electrons. The number of benzene rings is 1. The highest BCUT2D eigenvalue weighted by molar-refractivity contribution is 5.66. The van der Waals surface area contributed by atoms with Gasteiger partial charge in [0.1, 0.15) is 5.75 Å². The van der Waals surface area contributed by atoms with Crippen molar-refractivity contribution in [2.45, 2.75) is 63.1 Å². The third kappa shape index (κ3) is 6.42. The average molecular weight is 447 g/mol. The van der Waals surface area contributed by atoms with Gasteiger partial charge >= 0.3 is 5.97 Å². The van der Waals surface area contributed by atoms with Crippen LogP contribution in [0.15, 0.2) is 42.5 Å². The molecule has 0 saturated heterocycles. The number of aliphatic hydroxyl groups excluding tert-OH is 1. The first-order valence-electron chi connectivity index (χ1n) is 11.1. The van der Waals surface area contributed by atoms with Gasteiger partial charge in [-0.3, -0.25) is 4.79 Å². The maximum absolute atomic E-state index is 11.3. The minimum absolute atomic E-state index is 0.0559. The van der Waals surface area contributed by atoms with Crippen molar-refractivity contribution in [3.8, 4) is 5.75 Å². The number of fused-ring (bicyclic) bond motifs is 2. The molecule has 3 N–H and O–H groups in total. The number of hydrogen-bond donors (Lipinski definition) is 3. The van der Waals surface area contributed by atoms with E-state index in [0.717, 1.165) is 11.1 Å². The number of aliphatic carboxylic acids is 1. The molecule has 176 valence electrons. The molecule has 2 aliphatic rings. The Labute approximate surface area is 189 Å². The Morgan fingerprint density at radius 2 is 2.03 bits per heavy atom. The minimum Gasteiger partial charge on any atom is -0.497 e. The summed E-state index contributed by atoms with van der Waals surface area (Å²) >= 11 is 0. The summed E-state index contributed by atoms with van der Waals surface area (Å²) in [5, 5.41) is 30.5. The van der Waals surface area contributed by atoms with Crippen LogP contribution in [0.5, 0.6) is 5.75 Å². The van der Waals surface area contributed by atoms with Gasteiger partial charge < -0.3 is 29.5 Å². The van der Waals surface area contributed by atoms with Crippen molar-refractivity contribution < 1.29 is 34.3 Å². The molecule has 1 aliphatic carbocycles. The van der Waals surface area contributed by atoms with Crippen LogP contribution >= 0.6 is 0 Å². The number of aliphatic hydroxyl groups is 2. The van der Waals surface area contributed by atoms with Gasteiger partial charge in [-0.1, -0.05) is 24.3 Å². The zero-order chi connectivity index (χ0) is 23.1. The van der Waals surface area contributed by atoms with E-state index in [4.69, 9.17) is 19.3 Å². The highest BCUT2D eigenvalue weighted by atomic mass is 16.6. The van der Waals surface area contributed by atoms with Gasteiger partial charge in [0.25, 0.3) is 0 Å². The van der Waals surface area contributed by atoms with E-state index in [1.54, 1.807) is 20.3 Å². The van der Waals surface area contributed by atoms with E-state index in [0.29, 0.717) is 38.0 Å². The second-order valence-corrected chi connectivity index (χ2v) is 8.70. The predicted molar refractivity (Wildman–Crippen MR) is 119 cm³/mol. The van der Waals surface area contributed by atoms with E-state index in [1.807, 2.05) is 36.4 Å². The molecular formula is C25H34O7. The summed E-state index contributed by atoms with van der Waals surface area (Å²) in [6, 6.07) is 5.75. The molecular weight excluding hydrogens is 412 g/mol. The maximum Gasteiger partial charge on any atom is 0.303 e. The number of hydrogen-bond acceptors (Lipinski definition) is 6. The lowest BCUT2D eigenvalue weighted by atomic mass is 9.90. The molecule has 7 nitrogen and oxygen atoms in total. The number of ether oxygens (including phenoxy) is 3. The summed E-state index contributed by atoms with van der Waals surface area (Å²) in [6.45, 7) is 0.442. The number of carbonyl (C=O) groups is 1. The fourth-order valence-corrected chi connectivity index (χ4v) is 4.72. The third-order valence-electron chi connectivity index (χ3n) is 6.19. The zero-order valence-electron chi connectivity index (χ0n) is 18.8. The molecule has 2 unspecified atom stereocenters. The van der Waals surface area contributed by atoms with Crippen LogP contribution < -0.4 is 4.74 Å². The van der Waals surface area contributed by atoms with Crippen LogP contribution in [-0.4, -0.2) is 53.5 Å². The van der Waals surface area contributed by atoms with Crippen molar-refractivity contribution in [3.05, 3.63) is 53.6 Å². The molecule has 2 bridgehead atoms. The first-order chi connectivity index (χ1) is 15.3. The Morgan fingerprint density at radius 1 is 1.25 bits per heavy atom. The van der Waals surface area contributed by atoms with Gasteiger partial charge in [0, 0.05) is 32.3 Å². The van der Waals surface area contributed by atoms with Crippen molar-refractivity contribution in [3.63, 3.8) is 0 Å². The summed E-state index contributed by atoms with van der Waals surface area (Å²) in [6.07, 6.45) is 9.70. The number of unbranched alkanes of at least 4 members (excludes halogenated alkanes) is 1. The molecule has 1 saturated carbocycles. The number of allylic oxidation sites excluding steroid dienone is 2. The molecule has 3 rings (SSSR count). The van der Waals surface area contributed by atoms with E-state index < -0.39 is 17.9 Å². The summed E-state index contributed by atoms with van der Waals surface area (Å²) in [4.78, 5) is 10.6. The predicted octanol–water partition coefficient (Wildman–Crippen LogP) is 3.23. The monoisotopic (exact) mass is 446 g/mol. The van der Waals surface area contributed by atoms with Crippen LogP contribution in [0.2, 0.25) is 0 Å². The van der Waals surface area contributed by atoms with Gasteiger partial charge in [-0.2, -0.15) is 0 Å². The summed E-state index contributed by atoms with van der Waals surface area (Å²) < 4.78 is 16.8. The second-order valence-electron chi connectivity index (χ2n) is 8.70. The smallest absolute Gasteiger partial charge is 0.303 e. The molecule has 0 spiro atoms. The minimum atomic E-state index is -1.47. The van der Waals surface area contributed by atoms with E-state index >= 15 is 0 Å². The topological polar surface area (TPSA) is 105 Å². The second kappa shape index (κ2) is 11.1. The molecule has 7 heteroatoms. The Morgan fingerprint density at radius 3 is 2.75 bits per heavy atom. The molecule has 1 aromatic rings. The largest absolute Gasteiger partial charge is 0.497 e. The van der Waals surface area contributed by atoms with Crippen LogP contribution in [0.3, 0.4) is 0 Å². The van der Waals surface area contributed by atoms with E-state index in [9.17, 15) is 15.0 Å². The zero-order valence-corrected chi connectivity index (χ0v) is 18.8. The van der Waals surface area contributed by atoms with Crippen molar-refractivity contribution in [1.82, 2.24) is 0 Å². The van der Waals surface area contributed by atoms with Crippen LogP contribution in [0.4, 0.5) is 0 Å². The quantitative estimate of drug-likeness (QED) is 0.354. The lowest BCUT2D eigenvalue weighted by Crippen LogP contribution is -2.37. The van der Waals surface area contributed by atoms with Crippen molar-refractivity contribution >= 4 is 5.97 Å². The van der Waals surface area contributed by atoms with E-state index in [1.165, 1.54) is 0 Å². The number of carboxylic acid groups (broad SMARTS) is 1. The average Bonchev–Trinajstić information content (AvgIpc) is 2.93.